The summed E-state index contributed by atoms with van der Waals surface area (Å²) in [7, 11) is -3.31. The third kappa shape index (κ3) is 7.91. The zero-order chi connectivity index (χ0) is 24.8. The molecule has 0 saturated carbocycles. The molecule has 0 heterocycles. The first-order valence-electron chi connectivity index (χ1n) is 10.4. The van der Waals surface area contributed by atoms with Crippen molar-refractivity contribution in [1.29, 1.82) is 0 Å². The number of hydrogen-bond acceptors (Lipinski definition) is 6. The Kier molecular flexibility index (Phi) is 10.2. The predicted molar refractivity (Wildman–Crippen MR) is 133 cm³/mol. The van der Waals surface area contributed by atoms with Crippen LogP contribution < -0.4 is 9.47 Å². The standard InChI is InChI=1S/C23H29Cl3O6S/c1-4-33(29,30)14-18(28)13-32-22-8-6-16(10-20(22)26)23(2,3)15-5-7-21(19(25)9-15)31-12-17(27)11-24/h5-10,17-18,27-28H,4,11-14H2,1-3H3/t17-,18-/m0/s1. The van der Waals surface area contributed by atoms with Crippen LogP contribution in [0, 0.1) is 0 Å². The summed E-state index contributed by atoms with van der Waals surface area (Å²) in [6.45, 7) is 5.42. The van der Waals surface area contributed by atoms with E-state index in [0.29, 0.717) is 21.5 Å². The fraction of sp³-hybridized carbons (Fsp3) is 0.478. The van der Waals surface area contributed by atoms with Crippen molar-refractivity contribution in [2.75, 3.05) is 30.6 Å². The Morgan fingerprint density at radius 1 is 0.909 bits per heavy atom. The Hall–Kier alpha value is -1.22. The van der Waals surface area contributed by atoms with Crippen molar-refractivity contribution < 1.29 is 28.1 Å². The molecule has 2 aromatic carbocycles. The van der Waals surface area contributed by atoms with Crippen LogP contribution in [0.5, 0.6) is 11.5 Å². The molecule has 0 aliphatic heterocycles. The zero-order valence-electron chi connectivity index (χ0n) is 18.7. The van der Waals surface area contributed by atoms with Gasteiger partial charge < -0.3 is 19.7 Å². The Balaban J connectivity index is 2.13. The van der Waals surface area contributed by atoms with Crippen molar-refractivity contribution in [3.8, 4) is 11.5 Å². The van der Waals surface area contributed by atoms with Crippen LogP contribution in [0.2, 0.25) is 10.0 Å². The van der Waals surface area contributed by atoms with Crippen LogP contribution >= 0.6 is 34.8 Å². The number of halogens is 3. The van der Waals surface area contributed by atoms with Crippen LogP contribution in [0.1, 0.15) is 31.9 Å². The van der Waals surface area contributed by atoms with Crippen LogP contribution in [0.15, 0.2) is 36.4 Å². The van der Waals surface area contributed by atoms with Crippen LogP contribution in [-0.4, -0.2) is 61.4 Å². The van der Waals surface area contributed by atoms with Gasteiger partial charge in [-0.15, -0.1) is 11.6 Å². The second-order valence-electron chi connectivity index (χ2n) is 8.20. The quantitative estimate of drug-likeness (QED) is 0.387. The topological polar surface area (TPSA) is 93.1 Å². The number of sulfone groups is 1. The maximum absolute atomic E-state index is 11.6. The molecule has 0 aliphatic carbocycles. The van der Waals surface area contributed by atoms with E-state index in [-0.39, 0.29) is 30.6 Å². The summed E-state index contributed by atoms with van der Waals surface area (Å²) in [5, 5.41) is 20.2. The SMILES string of the molecule is CCS(=O)(=O)C[C@@H](O)COc1ccc(C(C)(C)c2ccc(OC[C@@H](O)CCl)c(Cl)c2)cc1Cl. The number of alkyl halides is 1. The van der Waals surface area contributed by atoms with Gasteiger partial charge in [0.2, 0.25) is 0 Å². The number of ether oxygens (including phenoxy) is 2. The van der Waals surface area contributed by atoms with Gasteiger partial charge in [-0.05, 0) is 35.4 Å². The molecule has 10 heteroatoms. The average Bonchev–Trinajstić information content (AvgIpc) is 2.76. The van der Waals surface area contributed by atoms with Gasteiger partial charge in [0.05, 0.1) is 21.7 Å². The third-order valence-electron chi connectivity index (χ3n) is 5.23. The van der Waals surface area contributed by atoms with E-state index in [2.05, 4.69) is 0 Å². The molecule has 2 N–H and O–H groups in total. The fourth-order valence-corrected chi connectivity index (χ4v) is 4.53. The molecular weight excluding hydrogens is 511 g/mol. The van der Waals surface area contributed by atoms with Crippen molar-refractivity contribution in [1.82, 2.24) is 0 Å². The zero-order valence-corrected chi connectivity index (χ0v) is 21.8. The molecule has 0 radical (unpaired) electrons. The van der Waals surface area contributed by atoms with E-state index in [1.807, 2.05) is 26.0 Å². The Morgan fingerprint density at radius 3 is 1.76 bits per heavy atom. The lowest BCUT2D eigenvalue weighted by Crippen LogP contribution is -2.28. The predicted octanol–water partition coefficient (Wildman–Crippen LogP) is 4.47. The lowest BCUT2D eigenvalue weighted by atomic mass is 9.78. The van der Waals surface area contributed by atoms with Crippen molar-refractivity contribution >= 4 is 44.6 Å². The molecule has 0 amide bonds. The highest BCUT2D eigenvalue weighted by Crippen LogP contribution is 2.38. The van der Waals surface area contributed by atoms with Crippen molar-refractivity contribution in [2.24, 2.45) is 0 Å². The van der Waals surface area contributed by atoms with Crippen molar-refractivity contribution in [2.45, 2.75) is 38.4 Å². The third-order valence-corrected chi connectivity index (χ3v) is 7.95. The van der Waals surface area contributed by atoms with Gasteiger partial charge in [0, 0.05) is 11.2 Å². The molecule has 33 heavy (non-hydrogen) atoms. The normalized spacial score (nSPS) is 14.1. The number of rotatable bonds is 12. The first-order valence-corrected chi connectivity index (χ1v) is 13.5. The summed E-state index contributed by atoms with van der Waals surface area (Å²) in [6, 6.07) is 10.7. The van der Waals surface area contributed by atoms with Gasteiger partial charge in [-0.3, -0.25) is 0 Å². The van der Waals surface area contributed by atoms with E-state index in [9.17, 15) is 18.6 Å². The molecule has 0 fully saturated rings. The molecule has 0 aromatic heterocycles. The summed E-state index contributed by atoms with van der Waals surface area (Å²) in [5.41, 5.74) is 1.35. The molecule has 2 atom stereocenters. The first-order chi connectivity index (χ1) is 15.4. The molecule has 0 bridgehead atoms. The summed E-state index contributed by atoms with van der Waals surface area (Å²) < 4.78 is 34.3. The van der Waals surface area contributed by atoms with E-state index < -0.39 is 27.5 Å². The van der Waals surface area contributed by atoms with Gasteiger partial charge in [0.15, 0.2) is 9.84 Å². The second kappa shape index (κ2) is 12.0. The summed E-state index contributed by atoms with van der Waals surface area (Å²) >= 11 is 18.4. The number of aliphatic hydroxyl groups is 2. The number of aliphatic hydroxyl groups excluding tert-OH is 2. The van der Waals surface area contributed by atoms with Crippen molar-refractivity contribution in [3.05, 3.63) is 57.6 Å². The van der Waals surface area contributed by atoms with Crippen LogP contribution in [0.25, 0.3) is 0 Å². The van der Waals surface area contributed by atoms with Gasteiger partial charge in [0.1, 0.15) is 36.9 Å². The molecule has 0 unspecified atom stereocenters. The Labute approximate surface area is 210 Å². The van der Waals surface area contributed by atoms with E-state index in [1.54, 1.807) is 24.3 Å². The van der Waals surface area contributed by atoms with Crippen molar-refractivity contribution in [3.63, 3.8) is 0 Å². The van der Waals surface area contributed by atoms with Crippen LogP contribution in [-0.2, 0) is 15.3 Å². The maximum Gasteiger partial charge on any atom is 0.152 e. The second-order valence-corrected chi connectivity index (χ2v) is 11.7. The summed E-state index contributed by atoms with van der Waals surface area (Å²) in [5.74, 6) is 0.466. The van der Waals surface area contributed by atoms with E-state index in [0.717, 1.165) is 11.1 Å². The maximum atomic E-state index is 11.6. The fourth-order valence-electron chi connectivity index (χ4n) is 3.06. The molecule has 2 aromatic rings. The monoisotopic (exact) mass is 538 g/mol. The van der Waals surface area contributed by atoms with Gasteiger partial charge in [0.25, 0.3) is 0 Å². The smallest absolute Gasteiger partial charge is 0.152 e. The highest BCUT2D eigenvalue weighted by Gasteiger charge is 2.25. The average molecular weight is 540 g/mol. The molecule has 0 saturated heterocycles. The van der Waals surface area contributed by atoms with Crippen LogP contribution in [0.4, 0.5) is 0 Å². The lowest BCUT2D eigenvalue weighted by Gasteiger charge is -2.27. The van der Waals surface area contributed by atoms with Gasteiger partial charge in [-0.1, -0.05) is 56.1 Å². The molecular formula is C23H29Cl3O6S. The van der Waals surface area contributed by atoms with E-state index in [1.165, 1.54) is 6.92 Å². The Morgan fingerprint density at radius 2 is 1.36 bits per heavy atom. The van der Waals surface area contributed by atoms with Gasteiger partial charge >= 0.3 is 0 Å². The van der Waals surface area contributed by atoms with Gasteiger partial charge in [-0.2, -0.15) is 0 Å². The highest BCUT2D eigenvalue weighted by molar-refractivity contribution is 7.91. The largest absolute Gasteiger partial charge is 0.489 e. The molecule has 184 valence electrons. The molecule has 0 spiro atoms. The number of hydrogen-bond donors (Lipinski definition) is 2. The lowest BCUT2D eigenvalue weighted by molar-refractivity contribution is 0.125. The van der Waals surface area contributed by atoms with Crippen LogP contribution in [0.3, 0.4) is 0 Å². The minimum absolute atomic E-state index is 0.0406. The highest BCUT2D eigenvalue weighted by atomic mass is 35.5. The van der Waals surface area contributed by atoms with E-state index in [4.69, 9.17) is 44.3 Å². The summed E-state index contributed by atoms with van der Waals surface area (Å²) in [4.78, 5) is 0. The molecule has 2 rings (SSSR count). The van der Waals surface area contributed by atoms with E-state index >= 15 is 0 Å². The molecule has 0 aliphatic rings. The Bertz CT molecular complexity index is 1040. The minimum Gasteiger partial charge on any atom is -0.489 e. The number of benzene rings is 2. The molecule has 6 nitrogen and oxygen atoms in total. The van der Waals surface area contributed by atoms with Gasteiger partial charge in [-0.25, -0.2) is 8.42 Å². The first kappa shape index (κ1) is 28.0. The minimum atomic E-state index is -3.31. The summed E-state index contributed by atoms with van der Waals surface area (Å²) in [6.07, 6.45) is -1.92.